The van der Waals surface area contributed by atoms with Crippen molar-refractivity contribution < 1.29 is 9.53 Å². The summed E-state index contributed by atoms with van der Waals surface area (Å²) in [6.45, 7) is 11.2. The molecule has 22 heavy (non-hydrogen) atoms. The molecule has 0 spiro atoms. The van der Waals surface area contributed by atoms with Crippen molar-refractivity contribution in [2.45, 2.75) is 56.1 Å². The zero-order chi connectivity index (χ0) is 17.2. The lowest BCUT2D eigenvalue weighted by atomic mass is 9.85. The van der Waals surface area contributed by atoms with Gasteiger partial charge in [0, 0.05) is 0 Å². The number of ether oxygens (including phenoxy) is 1. The highest BCUT2D eigenvalue weighted by molar-refractivity contribution is 14.1. The number of carbonyl (C=O) groups excluding carboxylic acids is 1. The number of nitriles is 1. The molecule has 0 bridgehead atoms. The fourth-order valence-corrected chi connectivity index (χ4v) is 2.41. The van der Waals surface area contributed by atoms with Gasteiger partial charge in [-0.2, -0.15) is 5.26 Å². The van der Waals surface area contributed by atoms with Crippen LogP contribution in [0.3, 0.4) is 0 Å². The van der Waals surface area contributed by atoms with Gasteiger partial charge in [-0.25, -0.2) is 4.79 Å². The lowest BCUT2D eigenvalue weighted by Gasteiger charge is -2.28. The van der Waals surface area contributed by atoms with Gasteiger partial charge in [0.2, 0.25) is 0 Å². The van der Waals surface area contributed by atoms with Crippen molar-refractivity contribution in [3.05, 3.63) is 35.4 Å². The van der Waals surface area contributed by atoms with Gasteiger partial charge >= 0.3 is 6.09 Å². The molecule has 1 aromatic rings. The quantitative estimate of drug-likeness (QED) is 0.446. The van der Waals surface area contributed by atoms with Gasteiger partial charge < -0.3 is 10.1 Å². The molecule has 0 aliphatic heterocycles. The topological polar surface area (TPSA) is 62.1 Å². The Morgan fingerprint density at radius 3 is 1.95 bits per heavy atom. The molecule has 0 saturated heterocycles. The van der Waals surface area contributed by atoms with Gasteiger partial charge in [-0.05, 0) is 75.3 Å². The zero-order valence-corrected chi connectivity index (χ0v) is 16.1. The maximum atomic E-state index is 11.9. The lowest BCUT2D eigenvalue weighted by molar-refractivity contribution is 0.0503. The Morgan fingerprint density at radius 2 is 1.55 bits per heavy atom. The zero-order valence-electron chi connectivity index (χ0n) is 14.0. The molecule has 0 aliphatic carbocycles. The van der Waals surface area contributed by atoms with E-state index in [-0.39, 0.29) is 0 Å². The number of nitrogens with zero attached hydrogens (tertiary/aromatic N) is 1. The summed E-state index contributed by atoms with van der Waals surface area (Å²) in [6, 6.07) is 9.99. The molecular weight excluding hydrogens is 391 g/mol. The average molecular weight is 414 g/mol. The first-order chi connectivity index (χ1) is 9.87. The number of hydrogen-bond acceptors (Lipinski definition) is 3. The highest BCUT2D eigenvalue weighted by Gasteiger charge is 2.28. The SMILES string of the molecule is CC(C)(C)OC(=O)NC(C)(I)c1ccc(C(C)(C)C#N)cc1. The minimum Gasteiger partial charge on any atom is -0.444 e. The molecule has 1 amide bonds. The van der Waals surface area contributed by atoms with Crippen molar-refractivity contribution >= 4 is 28.7 Å². The Hall–Kier alpha value is -1.29. The molecular formula is C17H23IN2O2. The highest BCUT2D eigenvalue weighted by atomic mass is 127. The number of nitrogens with one attached hydrogen (secondary N) is 1. The number of alkyl halides is 1. The number of carbonyl (C=O) groups is 1. The smallest absolute Gasteiger partial charge is 0.408 e. The molecule has 0 radical (unpaired) electrons. The monoisotopic (exact) mass is 414 g/mol. The van der Waals surface area contributed by atoms with Crippen LogP contribution in [0.4, 0.5) is 4.79 Å². The van der Waals surface area contributed by atoms with E-state index in [0.717, 1.165) is 11.1 Å². The lowest BCUT2D eigenvalue weighted by Crippen LogP contribution is -2.41. The van der Waals surface area contributed by atoms with E-state index in [1.807, 2.05) is 65.8 Å². The van der Waals surface area contributed by atoms with E-state index in [9.17, 15) is 10.1 Å². The fraction of sp³-hybridized carbons (Fsp3) is 0.529. The van der Waals surface area contributed by atoms with Gasteiger partial charge in [0.25, 0.3) is 0 Å². The van der Waals surface area contributed by atoms with E-state index in [1.165, 1.54) is 0 Å². The molecule has 0 heterocycles. The van der Waals surface area contributed by atoms with Crippen LogP contribution in [0.15, 0.2) is 24.3 Å². The fourth-order valence-electron chi connectivity index (χ4n) is 1.83. The van der Waals surface area contributed by atoms with Crippen LogP contribution in [0, 0.1) is 11.3 Å². The van der Waals surface area contributed by atoms with Crippen LogP contribution in [-0.2, 0) is 13.7 Å². The molecule has 1 atom stereocenters. The molecule has 4 nitrogen and oxygen atoms in total. The number of alkyl carbamates (subject to hydrolysis) is 1. The van der Waals surface area contributed by atoms with Crippen molar-refractivity contribution in [2.24, 2.45) is 0 Å². The minimum atomic E-state index is -0.588. The Labute approximate surface area is 146 Å². The summed E-state index contributed by atoms with van der Waals surface area (Å²) in [5.74, 6) is 0. The predicted octanol–water partition coefficient (Wildman–Crippen LogP) is 4.62. The molecule has 5 heteroatoms. The summed E-state index contributed by atoms with van der Waals surface area (Å²) < 4.78 is 4.70. The predicted molar refractivity (Wildman–Crippen MR) is 95.8 cm³/mol. The first kappa shape index (κ1) is 18.8. The van der Waals surface area contributed by atoms with Crippen molar-refractivity contribution in [3.63, 3.8) is 0 Å². The minimum absolute atomic E-state index is 0.453. The van der Waals surface area contributed by atoms with Crippen LogP contribution in [0.1, 0.15) is 52.7 Å². The summed E-state index contributed by atoms with van der Waals surface area (Å²) in [4.78, 5) is 11.9. The Morgan fingerprint density at radius 1 is 1.09 bits per heavy atom. The molecule has 120 valence electrons. The van der Waals surface area contributed by atoms with Crippen LogP contribution in [0.5, 0.6) is 0 Å². The molecule has 1 N–H and O–H groups in total. The standard InChI is InChI=1S/C17H23IN2O2/c1-15(2,3)22-14(21)20-17(6,18)13-9-7-12(8-10-13)16(4,5)11-19/h7-10H,1-6H3,(H,20,21). The molecule has 1 aromatic carbocycles. The Bertz CT molecular complexity index is 578. The summed E-state index contributed by atoms with van der Waals surface area (Å²) in [7, 11) is 0. The van der Waals surface area contributed by atoms with Crippen molar-refractivity contribution in [2.75, 3.05) is 0 Å². The van der Waals surface area contributed by atoms with Crippen molar-refractivity contribution in [3.8, 4) is 6.07 Å². The van der Waals surface area contributed by atoms with E-state index in [2.05, 4.69) is 34.0 Å². The highest BCUT2D eigenvalue weighted by Crippen LogP contribution is 2.31. The maximum absolute atomic E-state index is 11.9. The third-order valence-electron chi connectivity index (χ3n) is 3.16. The van der Waals surface area contributed by atoms with E-state index in [4.69, 9.17) is 4.74 Å². The average Bonchev–Trinajstić information content (AvgIpc) is 2.36. The summed E-state index contributed by atoms with van der Waals surface area (Å²) in [6.07, 6.45) is -0.453. The first-order valence-corrected chi connectivity index (χ1v) is 8.18. The maximum Gasteiger partial charge on any atom is 0.408 e. The molecule has 1 unspecified atom stereocenters. The van der Waals surface area contributed by atoms with Gasteiger partial charge in [-0.3, -0.25) is 0 Å². The van der Waals surface area contributed by atoms with Crippen LogP contribution < -0.4 is 5.32 Å². The first-order valence-electron chi connectivity index (χ1n) is 7.10. The van der Waals surface area contributed by atoms with Gasteiger partial charge in [0.05, 0.1) is 11.5 Å². The Balaban J connectivity index is 2.91. The summed E-state index contributed by atoms with van der Waals surface area (Å²) >= 11 is 2.17. The van der Waals surface area contributed by atoms with Gasteiger partial charge in [-0.1, -0.05) is 24.3 Å². The Kier molecular flexibility index (Phi) is 5.50. The number of benzene rings is 1. The summed E-state index contributed by atoms with van der Waals surface area (Å²) in [5.41, 5.74) is 0.829. The number of hydrogen-bond donors (Lipinski definition) is 1. The van der Waals surface area contributed by atoms with E-state index in [0.29, 0.717) is 0 Å². The van der Waals surface area contributed by atoms with Gasteiger partial charge in [-0.15, -0.1) is 0 Å². The van der Waals surface area contributed by atoms with Crippen LogP contribution in [-0.4, -0.2) is 11.7 Å². The second-order valence-corrected chi connectivity index (χ2v) is 9.10. The van der Waals surface area contributed by atoms with E-state index < -0.39 is 20.7 Å². The third kappa shape index (κ3) is 5.16. The van der Waals surface area contributed by atoms with Gasteiger partial charge in [0.15, 0.2) is 0 Å². The molecule has 0 aliphatic rings. The normalized spacial score (nSPS) is 14.6. The van der Waals surface area contributed by atoms with Crippen molar-refractivity contribution in [1.29, 1.82) is 5.26 Å². The largest absolute Gasteiger partial charge is 0.444 e. The van der Waals surface area contributed by atoms with Crippen molar-refractivity contribution in [1.82, 2.24) is 5.32 Å². The molecule has 0 fully saturated rings. The second-order valence-electron chi connectivity index (χ2n) is 6.94. The number of halogens is 1. The molecule has 0 aromatic heterocycles. The van der Waals surface area contributed by atoms with Crippen LogP contribution in [0.25, 0.3) is 0 Å². The summed E-state index contributed by atoms with van der Waals surface area (Å²) in [5, 5.41) is 12.0. The third-order valence-corrected chi connectivity index (χ3v) is 4.06. The van der Waals surface area contributed by atoms with Gasteiger partial charge in [0.1, 0.15) is 9.15 Å². The van der Waals surface area contributed by atoms with Crippen LogP contribution in [0.2, 0.25) is 0 Å². The number of amides is 1. The molecule has 0 saturated carbocycles. The molecule has 1 rings (SSSR count). The van der Waals surface area contributed by atoms with Crippen LogP contribution >= 0.6 is 22.6 Å². The van der Waals surface area contributed by atoms with E-state index >= 15 is 0 Å². The van der Waals surface area contributed by atoms with E-state index in [1.54, 1.807) is 0 Å². The second kappa shape index (κ2) is 6.45. The number of rotatable bonds is 3.